The largest absolute Gasteiger partial charge is 0.139 e. The zero-order chi connectivity index (χ0) is 57.9. The Balaban J connectivity index is 1.01. The molecule has 0 saturated heterocycles. The third kappa shape index (κ3) is 11.5. The lowest BCUT2D eigenvalue weighted by atomic mass is 9.78. The Kier molecular flexibility index (Phi) is 16.6. The van der Waals surface area contributed by atoms with E-state index in [0.717, 1.165) is 25.7 Å². The third-order valence-electron chi connectivity index (χ3n) is 17.4. The molecule has 12 aromatic rings. The molecule has 6 heteroatoms. The molecule has 0 amide bonds. The van der Waals surface area contributed by atoms with E-state index in [2.05, 4.69) is 269 Å². The fraction of sp³-hybridized carbons (Fsp3) is 0.175. The molecule has 0 spiro atoms. The molecule has 424 valence electrons. The highest BCUT2D eigenvalue weighted by Crippen LogP contribution is 2.56. The van der Waals surface area contributed by atoms with Crippen LogP contribution < -0.4 is 0 Å². The summed E-state index contributed by atoms with van der Waals surface area (Å²) in [5.41, 5.74) is 14.0. The lowest BCUT2D eigenvalue weighted by molar-refractivity contribution is 0.527. The minimum atomic E-state index is -0.344. The summed E-state index contributed by atoms with van der Waals surface area (Å²) in [6.45, 7) is 4.65. The molecule has 6 aromatic carbocycles. The van der Waals surface area contributed by atoms with Crippen molar-refractivity contribution in [2.24, 2.45) is 0 Å². The van der Waals surface area contributed by atoms with Crippen molar-refractivity contribution in [2.75, 3.05) is 0 Å². The zero-order valence-corrected chi connectivity index (χ0v) is 53.7. The Bertz CT molecular complexity index is 3720. The standard InChI is InChI=1S/C80H68S6/c1-3-5-7-9-47-79-73-41-35-67(81-73)61-23-11-17-55(49-61)29-32-58-20-14-26-64(52-58)70-38-44-76(84-70)80(48-10-8-6-4-2,77-45-39-71(85-77)65-27-15-21-59(53-65)33-30-56-18-12-24-62(50-56)68-36-42-74(79)82-68)78-46-40-72(86-78)66-28-16-22-60(54-66)34-31-57-19-13-25-63(51-57)69-37-43-75(79)83-69/h11-46,49-54H,3-10,47-48H2,1-2H3/b32-29-,33-30-,34-31-. The number of benzene rings is 6. The lowest BCUT2D eigenvalue weighted by Gasteiger charge is -2.32. The maximum Gasteiger partial charge on any atom is 0.0732 e. The first-order chi connectivity index (χ1) is 42.4. The predicted octanol–water partition coefficient (Wildman–Crippen LogP) is 25.8. The Morgan fingerprint density at radius 2 is 0.442 bits per heavy atom. The van der Waals surface area contributed by atoms with E-state index in [1.165, 1.54) is 164 Å². The van der Waals surface area contributed by atoms with Gasteiger partial charge in [-0.1, -0.05) is 211 Å². The van der Waals surface area contributed by atoms with Gasteiger partial charge in [-0.2, -0.15) is 0 Å². The number of hydrogen-bond donors (Lipinski definition) is 0. The smallest absolute Gasteiger partial charge is 0.0732 e. The summed E-state index contributed by atoms with van der Waals surface area (Å²) in [6, 6.07) is 84.3. The average Bonchev–Trinajstić information content (AvgIpc) is 2.69. The van der Waals surface area contributed by atoms with Crippen LogP contribution in [0, 0.1) is 0 Å². The molecular weight excluding hydrogens is 1150 g/mol. The van der Waals surface area contributed by atoms with Gasteiger partial charge in [-0.05, 0) is 189 Å². The van der Waals surface area contributed by atoms with Gasteiger partial charge in [-0.25, -0.2) is 0 Å². The zero-order valence-electron chi connectivity index (χ0n) is 48.8. The van der Waals surface area contributed by atoms with E-state index >= 15 is 0 Å². The van der Waals surface area contributed by atoms with Crippen molar-refractivity contribution < 1.29 is 0 Å². The molecule has 0 aliphatic carbocycles. The maximum absolute atomic E-state index is 2.47. The summed E-state index contributed by atoms with van der Waals surface area (Å²) in [5, 5.41) is 0. The molecular formula is C80H68S6. The normalized spacial score (nSPS) is 17.1. The molecule has 0 radical (unpaired) electrons. The fourth-order valence-electron chi connectivity index (χ4n) is 12.8. The maximum atomic E-state index is 2.47. The quantitative estimate of drug-likeness (QED) is 0.120. The molecule has 0 N–H and O–H groups in total. The van der Waals surface area contributed by atoms with Crippen LogP contribution in [0.3, 0.4) is 0 Å². The summed E-state index contributed by atoms with van der Waals surface area (Å²) in [5.74, 6) is 0. The first-order valence-electron chi connectivity index (χ1n) is 30.7. The molecule has 26 bridgehead atoms. The highest BCUT2D eigenvalue weighted by Gasteiger charge is 2.42. The summed E-state index contributed by atoms with van der Waals surface area (Å²) < 4.78 is 0. The molecule has 0 saturated carbocycles. The van der Waals surface area contributed by atoms with E-state index in [9.17, 15) is 0 Å². The fourth-order valence-corrected chi connectivity index (χ4v) is 20.7. The highest BCUT2D eigenvalue weighted by molar-refractivity contribution is 7.20. The van der Waals surface area contributed by atoms with Crippen molar-refractivity contribution in [3.8, 4) is 62.6 Å². The Hall–Kier alpha value is -7.26. The molecule has 86 heavy (non-hydrogen) atoms. The highest BCUT2D eigenvalue weighted by atomic mass is 32.1. The van der Waals surface area contributed by atoms with Gasteiger partial charge < -0.3 is 0 Å². The van der Waals surface area contributed by atoms with E-state index < -0.39 is 0 Å². The van der Waals surface area contributed by atoms with Crippen LogP contribution in [0.15, 0.2) is 218 Å². The van der Waals surface area contributed by atoms with Crippen LogP contribution in [-0.2, 0) is 10.8 Å². The number of hydrogen-bond acceptors (Lipinski definition) is 6. The minimum Gasteiger partial charge on any atom is -0.139 e. The summed E-state index contributed by atoms with van der Waals surface area (Å²) in [7, 11) is 0. The Morgan fingerprint density at radius 3 is 0.640 bits per heavy atom. The van der Waals surface area contributed by atoms with E-state index in [-0.39, 0.29) is 10.8 Å². The monoisotopic (exact) mass is 1220 g/mol. The molecule has 9 heterocycles. The van der Waals surface area contributed by atoms with Crippen LogP contribution in [0.5, 0.6) is 0 Å². The van der Waals surface area contributed by atoms with Gasteiger partial charge in [0.1, 0.15) is 0 Å². The van der Waals surface area contributed by atoms with Crippen molar-refractivity contribution in [3.05, 3.63) is 281 Å². The van der Waals surface area contributed by atoms with Gasteiger partial charge in [0.2, 0.25) is 0 Å². The molecule has 0 unspecified atom stereocenters. The van der Waals surface area contributed by atoms with Crippen molar-refractivity contribution in [2.45, 2.75) is 88.9 Å². The van der Waals surface area contributed by atoms with E-state index in [1.54, 1.807) is 0 Å². The van der Waals surface area contributed by atoms with E-state index in [0.29, 0.717) is 0 Å². The van der Waals surface area contributed by atoms with Gasteiger partial charge in [0.05, 0.1) is 10.8 Å². The topological polar surface area (TPSA) is 0 Å². The Morgan fingerprint density at radius 1 is 0.233 bits per heavy atom. The molecule has 3 aliphatic rings. The SMILES string of the molecule is CCCCCCC12c3ccc(s3)-c3cccc(c3)/C=C\c3cccc(c3)-c3ccc(s3)C(CCCCCC)(c3ccc(s3)-c3cccc(c3)/C=C\c3cccc(c3)-c3ccc1s3)c1ccc(s1)-c1cccc(c1)/C=C\c1cccc(c1)-c1ccc2s1. The summed E-state index contributed by atoms with van der Waals surface area (Å²) >= 11 is 11.9. The van der Waals surface area contributed by atoms with Crippen LogP contribution in [-0.4, -0.2) is 0 Å². The van der Waals surface area contributed by atoms with Gasteiger partial charge >= 0.3 is 0 Å². The first-order valence-corrected chi connectivity index (χ1v) is 35.6. The molecule has 0 nitrogen and oxygen atoms in total. The second-order valence-electron chi connectivity index (χ2n) is 23.2. The molecule has 15 rings (SSSR count). The van der Waals surface area contributed by atoms with Crippen LogP contribution in [0.2, 0.25) is 0 Å². The molecule has 3 aliphatic heterocycles. The van der Waals surface area contributed by atoms with Gasteiger partial charge in [0.25, 0.3) is 0 Å². The average molecular weight is 1220 g/mol. The second kappa shape index (κ2) is 25.2. The summed E-state index contributed by atoms with van der Waals surface area (Å²) in [4.78, 5) is 16.2. The number of thiophene rings is 6. The molecule has 6 aromatic heterocycles. The minimum absolute atomic E-state index is 0.344. The van der Waals surface area contributed by atoms with Gasteiger partial charge in [0.15, 0.2) is 0 Å². The number of rotatable bonds is 10. The first kappa shape index (κ1) is 56.5. The summed E-state index contributed by atoms with van der Waals surface area (Å²) in [6.07, 6.45) is 25.4. The molecule has 0 fully saturated rings. The van der Waals surface area contributed by atoms with E-state index in [4.69, 9.17) is 0 Å². The van der Waals surface area contributed by atoms with Gasteiger partial charge in [-0.15, -0.1) is 68.0 Å². The van der Waals surface area contributed by atoms with Gasteiger partial charge in [0, 0.05) is 58.5 Å². The molecule has 0 atom stereocenters. The number of unbranched alkanes of at least 4 members (excludes halogenated alkanes) is 6. The van der Waals surface area contributed by atoms with Crippen LogP contribution in [0.25, 0.3) is 99.1 Å². The van der Waals surface area contributed by atoms with Crippen molar-refractivity contribution in [1.29, 1.82) is 0 Å². The Labute approximate surface area is 532 Å². The second-order valence-corrected chi connectivity index (χ2v) is 29.7. The van der Waals surface area contributed by atoms with Crippen LogP contribution >= 0.6 is 68.0 Å². The van der Waals surface area contributed by atoms with Crippen molar-refractivity contribution in [3.63, 3.8) is 0 Å². The van der Waals surface area contributed by atoms with Gasteiger partial charge in [-0.3, -0.25) is 0 Å². The van der Waals surface area contributed by atoms with Crippen LogP contribution in [0.4, 0.5) is 0 Å². The predicted molar refractivity (Wildman–Crippen MR) is 383 cm³/mol. The third-order valence-corrected chi connectivity index (χ3v) is 25.2. The van der Waals surface area contributed by atoms with Crippen molar-refractivity contribution >= 4 is 104 Å². The lowest BCUT2D eigenvalue weighted by Crippen LogP contribution is -2.26. The van der Waals surface area contributed by atoms with Crippen LogP contribution in [0.1, 0.15) is 141 Å². The van der Waals surface area contributed by atoms with Crippen molar-refractivity contribution in [1.82, 2.24) is 0 Å². The van der Waals surface area contributed by atoms with E-state index in [1.807, 2.05) is 68.0 Å².